The van der Waals surface area contributed by atoms with Crippen molar-refractivity contribution in [2.45, 2.75) is 26.4 Å². The molecule has 0 radical (unpaired) electrons. The van der Waals surface area contributed by atoms with Crippen LogP contribution in [-0.4, -0.2) is 23.1 Å². The molecule has 0 aliphatic heterocycles. The van der Waals surface area contributed by atoms with Crippen molar-refractivity contribution in [1.29, 1.82) is 0 Å². The first kappa shape index (κ1) is 18.0. The number of esters is 1. The van der Waals surface area contributed by atoms with Gasteiger partial charge in [0.15, 0.2) is 0 Å². The molecule has 0 amide bonds. The van der Waals surface area contributed by atoms with Crippen LogP contribution in [0.2, 0.25) is 0 Å². The minimum Gasteiger partial charge on any atom is -0.491 e. The standard InChI is InChI=1S/C18H17BrO5/c1-3-11(2)23-14-7-4-12(5-8-14)18(22)24-16-9-6-13(17(20)21)10-15(16)19/h4-11H,3H2,1-2H3,(H,20,21). The summed E-state index contributed by atoms with van der Waals surface area (Å²) < 4.78 is 11.3. The van der Waals surface area contributed by atoms with Gasteiger partial charge in [-0.3, -0.25) is 0 Å². The summed E-state index contributed by atoms with van der Waals surface area (Å²) in [5, 5.41) is 8.93. The summed E-state index contributed by atoms with van der Waals surface area (Å²) in [5.74, 6) is -0.642. The van der Waals surface area contributed by atoms with E-state index in [9.17, 15) is 9.59 Å². The molecule has 0 fully saturated rings. The van der Waals surface area contributed by atoms with Gasteiger partial charge in [-0.2, -0.15) is 0 Å². The summed E-state index contributed by atoms with van der Waals surface area (Å²) in [6.07, 6.45) is 0.996. The third-order valence-corrected chi connectivity index (χ3v) is 4.00. The smallest absolute Gasteiger partial charge is 0.343 e. The third-order valence-electron chi connectivity index (χ3n) is 3.38. The summed E-state index contributed by atoms with van der Waals surface area (Å²) in [4.78, 5) is 23.1. The Labute approximate surface area is 148 Å². The highest BCUT2D eigenvalue weighted by molar-refractivity contribution is 9.10. The molecule has 0 spiro atoms. The Hall–Kier alpha value is -2.34. The lowest BCUT2D eigenvalue weighted by atomic mass is 10.2. The molecule has 0 bridgehead atoms. The zero-order valence-corrected chi connectivity index (χ0v) is 14.9. The summed E-state index contributed by atoms with van der Waals surface area (Å²) in [5.41, 5.74) is 0.480. The van der Waals surface area contributed by atoms with Crippen LogP contribution in [0.3, 0.4) is 0 Å². The van der Waals surface area contributed by atoms with Gasteiger partial charge in [-0.1, -0.05) is 6.92 Å². The Morgan fingerprint density at radius 2 is 1.75 bits per heavy atom. The molecule has 2 rings (SSSR count). The minimum absolute atomic E-state index is 0.103. The number of hydrogen-bond donors (Lipinski definition) is 1. The molecule has 0 aromatic heterocycles. The van der Waals surface area contributed by atoms with Gasteiger partial charge in [-0.15, -0.1) is 0 Å². The van der Waals surface area contributed by atoms with Crippen molar-refractivity contribution in [2.24, 2.45) is 0 Å². The molecule has 1 unspecified atom stereocenters. The first-order chi connectivity index (χ1) is 11.4. The predicted octanol–water partition coefficient (Wildman–Crippen LogP) is 4.54. The van der Waals surface area contributed by atoms with Gasteiger partial charge >= 0.3 is 11.9 Å². The predicted molar refractivity (Wildman–Crippen MR) is 92.9 cm³/mol. The molecule has 0 aliphatic rings. The van der Waals surface area contributed by atoms with E-state index in [1.165, 1.54) is 18.2 Å². The van der Waals surface area contributed by atoms with Crippen LogP contribution in [0.4, 0.5) is 0 Å². The maximum atomic E-state index is 12.2. The Kier molecular flexibility index (Phi) is 5.98. The number of benzene rings is 2. The van der Waals surface area contributed by atoms with Crippen LogP contribution < -0.4 is 9.47 Å². The van der Waals surface area contributed by atoms with E-state index in [0.717, 1.165) is 6.42 Å². The zero-order chi connectivity index (χ0) is 17.7. The van der Waals surface area contributed by atoms with Crippen LogP contribution in [0.15, 0.2) is 46.9 Å². The molecule has 5 nitrogen and oxygen atoms in total. The Bertz CT molecular complexity index is 740. The van der Waals surface area contributed by atoms with E-state index in [1.807, 2.05) is 13.8 Å². The second-order valence-corrected chi connectivity index (χ2v) is 6.06. The lowest BCUT2D eigenvalue weighted by molar-refractivity contribution is 0.0696. The normalized spacial score (nSPS) is 11.6. The SMILES string of the molecule is CCC(C)Oc1ccc(C(=O)Oc2ccc(C(=O)O)cc2Br)cc1. The fraction of sp³-hybridized carbons (Fsp3) is 0.222. The number of halogens is 1. The van der Waals surface area contributed by atoms with E-state index in [2.05, 4.69) is 15.9 Å². The molecule has 0 saturated heterocycles. The van der Waals surface area contributed by atoms with E-state index in [4.69, 9.17) is 14.6 Å². The molecular formula is C18H17BrO5. The summed E-state index contributed by atoms with van der Waals surface area (Å²) in [6.45, 7) is 4.00. The summed E-state index contributed by atoms with van der Waals surface area (Å²) >= 11 is 3.20. The molecule has 24 heavy (non-hydrogen) atoms. The van der Waals surface area contributed by atoms with Crippen molar-refractivity contribution in [1.82, 2.24) is 0 Å². The topological polar surface area (TPSA) is 72.8 Å². The zero-order valence-electron chi connectivity index (χ0n) is 13.3. The van der Waals surface area contributed by atoms with E-state index >= 15 is 0 Å². The molecule has 6 heteroatoms. The van der Waals surface area contributed by atoms with Gasteiger partial charge < -0.3 is 14.6 Å². The maximum absolute atomic E-state index is 12.2. The lowest BCUT2D eigenvalue weighted by Crippen LogP contribution is -2.11. The molecule has 2 aromatic carbocycles. The highest BCUT2D eigenvalue weighted by Crippen LogP contribution is 2.27. The van der Waals surface area contributed by atoms with Crippen LogP contribution in [0.25, 0.3) is 0 Å². The number of aromatic carboxylic acids is 1. The van der Waals surface area contributed by atoms with Gasteiger partial charge in [0.25, 0.3) is 0 Å². The van der Waals surface area contributed by atoms with E-state index in [0.29, 0.717) is 15.8 Å². The van der Waals surface area contributed by atoms with Crippen LogP contribution in [0.5, 0.6) is 11.5 Å². The maximum Gasteiger partial charge on any atom is 0.343 e. The molecule has 126 valence electrons. The lowest BCUT2D eigenvalue weighted by Gasteiger charge is -2.12. The fourth-order valence-electron chi connectivity index (χ4n) is 1.86. The van der Waals surface area contributed by atoms with Crippen molar-refractivity contribution < 1.29 is 24.2 Å². The van der Waals surface area contributed by atoms with Crippen molar-refractivity contribution >= 4 is 27.9 Å². The number of rotatable bonds is 6. The highest BCUT2D eigenvalue weighted by atomic mass is 79.9. The number of ether oxygens (including phenoxy) is 2. The number of carboxylic acid groups (broad SMARTS) is 1. The Morgan fingerprint density at radius 1 is 1.12 bits per heavy atom. The summed E-state index contributed by atoms with van der Waals surface area (Å²) in [7, 11) is 0. The van der Waals surface area contributed by atoms with Crippen molar-refractivity contribution in [3.8, 4) is 11.5 Å². The number of carbonyl (C=O) groups excluding carboxylic acids is 1. The van der Waals surface area contributed by atoms with E-state index < -0.39 is 11.9 Å². The van der Waals surface area contributed by atoms with Gasteiger partial charge in [0.1, 0.15) is 11.5 Å². The van der Waals surface area contributed by atoms with Crippen molar-refractivity contribution in [3.05, 3.63) is 58.1 Å². The quantitative estimate of drug-likeness (QED) is 0.576. The fourth-order valence-corrected chi connectivity index (χ4v) is 2.32. The van der Waals surface area contributed by atoms with Crippen molar-refractivity contribution in [3.63, 3.8) is 0 Å². The van der Waals surface area contributed by atoms with Gasteiger partial charge in [-0.25, -0.2) is 9.59 Å². The van der Waals surface area contributed by atoms with E-state index in [1.54, 1.807) is 24.3 Å². The Balaban J connectivity index is 2.08. The third kappa shape index (κ3) is 4.58. The summed E-state index contributed by atoms with van der Waals surface area (Å²) in [6, 6.07) is 10.9. The Morgan fingerprint density at radius 3 is 2.29 bits per heavy atom. The molecule has 0 saturated carbocycles. The van der Waals surface area contributed by atoms with E-state index in [-0.39, 0.29) is 17.4 Å². The average Bonchev–Trinajstić information content (AvgIpc) is 2.56. The first-order valence-electron chi connectivity index (χ1n) is 7.42. The van der Waals surface area contributed by atoms with Gasteiger partial charge in [0, 0.05) is 0 Å². The molecule has 0 heterocycles. The molecule has 0 aliphatic carbocycles. The monoisotopic (exact) mass is 392 g/mol. The van der Waals surface area contributed by atoms with Gasteiger partial charge in [0.2, 0.25) is 0 Å². The van der Waals surface area contributed by atoms with Crippen LogP contribution >= 0.6 is 15.9 Å². The molecule has 2 aromatic rings. The number of carboxylic acids is 1. The second-order valence-electron chi connectivity index (χ2n) is 5.20. The minimum atomic E-state index is -1.05. The highest BCUT2D eigenvalue weighted by Gasteiger charge is 2.13. The molecule has 1 atom stereocenters. The van der Waals surface area contributed by atoms with Crippen LogP contribution in [0, 0.1) is 0 Å². The number of hydrogen-bond acceptors (Lipinski definition) is 4. The average molecular weight is 393 g/mol. The molecule has 1 N–H and O–H groups in total. The molecular weight excluding hydrogens is 376 g/mol. The first-order valence-corrected chi connectivity index (χ1v) is 8.21. The number of carbonyl (C=O) groups is 2. The van der Waals surface area contributed by atoms with Gasteiger partial charge in [0.05, 0.1) is 21.7 Å². The van der Waals surface area contributed by atoms with Crippen LogP contribution in [-0.2, 0) is 0 Å². The van der Waals surface area contributed by atoms with Gasteiger partial charge in [-0.05, 0) is 71.7 Å². The van der Waals surface area contributed by atoms with Crippen molar-refractivity contribution in [2.75, 3.05) is 0 Å². The largest absolute Gasteiger partial charge is 0.491 e. The van der Waals surface area contributed by atoms with Crippen LogP contribution in [0.1, 0.15) is 41.0 Å². The second kappa shape index (κ2) is 7.97.